The molecule has 4 fully saturated rings. The molecule has 1 aliphatic carbocycles. The Morgan fingerprint density at radius 3 is 2.69 bits per heavy atom. The highest BCUT2D eigenvalue weighted by Gasteiger charge is 2.49. The first-order chi connectivity index (χ1) is 14.2. The predicted molar refractivity (Wildman–Crippen MR) is 114 cm³/mol. The molecule has 1 aromatic rings. The normalized spacial score (nSPS) is 33.7. The highest BCUT2D eigenvalue weighted by atomic mass is 16.2. The Balaban J connectivity index is 1.34. The second-order valence-electron chi connectivity index (χ2n) is 10.2. The van der Waals surface area contributed by atoms with Crippen molar-refractivity contribution in [3.05, 3.63) is 18.0 Å². The van der Waals surface area contributed by atoms with Crippen LogP contribution in [-0.4, -0.2) is 50.7 Å². The van der Waals surface area contributed by atoms with Crippen molar-refractivity contribution in [2.24, 2.45) is 17.8 Å². The molecule has 1 saturated carbocycles. The zero-order valence-electron chi connectivity index (χ0n) is 18.1. The van der Waals surface area contributed by atoms with Gasteiger partial charge < -0.3 is 4.90 Å². The maximum atomic E-state index is 13.0. The number of carbonyl (C=O) groups excluding carboxylic acids is 1. The van der Waals surface area contributed by atoms with Crippen LogP contribution in [0.1, 0.15) is 76.7 Å². The second-order valence-corrected chi connectivity index (χ2v) is 10.2. The molecule has 4 atom stereocenters. The van der Waals surface area contributed by atoms with Gasteiger partial charge in [-0.25, -0.2) is 0 Å². The summed E-state index contributed by atoms with van der Waals surface area (Å²) in [7, 11) is 0. The van der Waals surface area contributed by atoms with E-state index < -0.39 is 0 Å². The minimum absolute atomic E-state index is 0.467. The average Bonchev–Trinajstić information content (AvgIpc) is 3.19. The predicted octanol–water partition coefficient (Wildman–Crippen LogP) is 4.07. The van der Waals surface area contributed by atoms with Gasteiger partial charge in [0.25, 0.3) is 0 Å². The Labute approximate surface area is 175 Å². The van der Waals surface area contributed by atoms with E-state index in [0.717, 1.165) is 44.9 Å². The molecule has 1 aromatic heterocycles. The van der Waals surface area contributed by atoms with Crippen molar-refractivity contribution >= 4 is 5.91 Å². The summed E-state index contributed by atoms with van der Waals surface area (Å²) in [4.78, 5) is 18.1. The van der Waals surface area contributed by atoms with E-state index in [0.29, 0.717) is 29.8 Å². The van der Waals surface area contributed by atoms with Gasteiger partial charge in [0.05, 0.1) is 6.20 Å². The quantitative estimate of drug-likeness (QED) is 0.751. The van der Waals surface area contributed by atoms with E-state index in [2.05, 4.69) is 28.0 Å². The van der Waals surface area contributed by atoms with Gasteiger partial charge in [0.2, 0.25) is 5.91 Å². The first-order valence-electron chi connectivity index (χ1n) is 12.3. The number of nitrogens with zero attached hydrogens (tertiary/aromatic N) is 4. The molecule has 3 saturated heterocycles. The van der Waals surface area contributed by atoms with Gasteiger partial charge in [-0.1, -0.05) is 32.1 Å². The van der Waals surface area contributed by atoms with E-state index in [9.17, 15) is 4.79 Å². The molecule has 5 heteroatoms. The topological polar surface area (TPSA) is 41.4 Å². The molecule has 0 aromatic carbocycles. The fourth-order valence-corrected chi connectivity index (χ4v) is 6.99. The SMILES string of the molecule is CCn1cc(CN2C[C@H]3C[C@@H](C2)[C@H](CC2CCCCC2)N2C(=O)CCC[C@@H]32)cn1. The van der Waals surface area contributed by atoms with Gasteiger partial charge in [0.15, 0.2) is 0 Å². The number of amides is 1. The highest BCUT2D eigenvalue weighted by molar-refractivity contribution is 5.78. The first kappa shape index (κ1) is 19.6. The molecule has 0 unspecified atom stereocenters. The molecule has 4 aliphatic rings. The molecule has 5 nitrogen and oxygen atoms in total. The van der Waals surface area contributed by atoms with Crippen LogP contribution in [0.5, 0.6) is 0 Å². The average molecular weight is 399 g/mol. The van der Waals surface area contributed by atoms with Gasteiger partial charge in [0, 0.05) is 56.4 Å². The van der Waals surface area contributed by atoms with Crippen LogP contribution >= 0.6 is 0 Å². The van der Waals surface area contributed by atoms with Crippen LogP contribution in [0.15, 0.2) is 12.4 Å². The monoisotopic (exact) mass is 398 g/mol. The highest BCUT2D eigenvalue weighted by Crippen LogP contribution is 2.44. The second kappa shape index (κ2) is 8.41. The number of aryl methyl sites for hydroxylation is 1. The van der Waals surface area contributed by atoms with E-state index in [4.69, 9.17) is 0 Å². The van der Waals surface area contributed by atoms with Crippen molar-refractivity contribution in [2.75, 3.05) is 13.1 Å². The first-order valence-corrected chi connectivity index (χ1v) is 12.3. The van der Waals surface area contributed by atoms with Crippen molar-refractivity contribution in [1.82, 2.24) is 19.6 Å². The van der Waals surface area contributed by atoms with Gasteiger partial charge in [0.1, 0.15) is 0 Å². The molecule has 4 heterocycles. The minimum atomic E-state index is 0.467. The van der Waals surface area contributed by atoms with E-state index in [1.807, 2.05) is 10.9 Å². The lowest BCUT2D eigenvalue weighted by Crippen LogP contribution is -2.65. The van der Waals surface area contributed by atoms with E-state index in [1.54, 1.807) is 0 Å². The van der Waals surface area contributed by atoms with Gasteiger partial charge in [-0.3, -0.25) is 14.4 Å². The van der Waals surface area contributed by atoms with Crippen LogP contribution < -0.4 is 0 Å². The molecular formula is C24H38N4O. The van der Waals surface area contributed by atoms with E-state index >= 15 is 0 Å². The van der Waals surface area contributed by atoms with Crippen molar-refractivity contribution < 1.29 is 4.79 Å². The Kier molecular flexibility index (Phi) is 5.68. The van der Waals surface area contributed by atoms with Crippen molar-refractivity contribution in [3.63, 3.8) is 0 Å². The third-order valence-electron chi connectivity index (χ3n) is 8.29. The molecule has 0 spiro atoms. The third kappa shape index (κ3) is 3.99. The Hall–Kier alpha value is -1.36. The van der Waals surface area contributed by atoms with Gasteiger partial charge in [-0.05, 0) is 50.4 Å². The summed E-state index contributed by atoms with van der Waals surface area (Å²) in [6.07, 6.45) is 17.0. The molecule has 5 rings (SSSR count). The van der Waals surface area contributed by atoms with Crippen LogP contribution in [-0.2, 0) is 17.9 Å². The lowest BCUT2D eigenvalue weighted by atomic mass is 9.69. The zero-order chi connectivity index (χ0) is 19.8. The van der Waals surface area contributed by atoms with Crippen molar-refractivity contribution in [3.8, 4) is 0 Å². The number of piperidine rings is 3. The summed E-state index contributed by atoms with van der Waals surface area (Å²) in [5.74, 6) is 2.64. The Morgan fingerprint density at radius 1 is 1.07 bits per heavy atom. The fraction of sp³-hybridized carbons (Fsp3) is 0.833. The molecular weight excluding hydrogens is 360 g/mol. The number of hydrogen-bond donors (Lipinski definition) is 0. The summed E-state index contributed by atoms with van der Waals surface area (Å²) < 4.78 is 2.04. The number of rotatable bonds is 5. The molecule has 0 radical (unpaired) electrons. The lowest BCUT2D eigenvalue weighted by Gasteiger charge is -2.57. The molecule has 29 heavy (non-hydrogen) atoms. The van der Waals surface area contributed by atoms with Crippen molar-refractivity contribution in [2.45, 2.75) is 96.3 Å². The maximum absolute atomic E-state index is 13.0. The number of fused-ring (bicyclic) bond motifs is 4. The van der Waals surface area contributed by atoms with Gasteiger partial charge >= 0.3 is 0 Å². The summed E-state index contributed by atoms with van der Waals surface area (Å²) in [5.41, 5.74) is 1.34. The van der Waals surface area contributed by atoms with Gasteiger partial charge in [-0.15, -0.1) is 0 Å². The van der Waals surface area contributed by atoms with Crippen LogP contribution in [0.25, 0.3) is 0 Å². The van der Waals surface area contributed by atoms with Crippen LogP contribution in [0.2, 0.25) is 0 Å². The van der Waals surface area contributed by atoms with Gasteiger partial charge in [-0.2, -0.15) is 5.10 Å². The van der Waals surface area contributed by atoms with Crippen molar-refractivity contribution in [1.29, 1.82) is 0 Å². The Bertz CT molecular complexity index is 709. The minimum Gasteiger partial charge on any atom is -0.336 e. The molecule has 3 aliphatic heterocycles. The molecule has 2 bridgehead atoms. The molecule has 160 valence electrons. The lowest BCUT2D eigenvalue weighted by molar-refractivity contribution is -0.154. The molecule has 0 N–H and O–H groups in total. The zero-order valence-corrected chi connectivity index (χ0v) is 18.1. The van der Waals surface area contributed by atoms with Crippen LogP contribution in [0.4, 0.5) is 0 Å². The summed E-state index contributed by atoms with van der Waals surface area (Å²) in [6.45, 7) is 6.41. The van der Waals surface area contributed by atoms with E-state index in [-0.39, 0.29) is 0 Å². The Morgan fingerprint density at radius 2 is 1.90 bits per heavy atom. The van der Waals surface area contributed by atoms with E-state index in [1.165, 1.54) is 56.9 Å². The summed E-state index contributed by atoms with van der Waals surface area (Å²) in [6, 6.07) is 0.996. The van der Waals surface area contributed by atoms with Crippen LogP contribution in [0.3, 0.4) is 0 Å². The number of aromatic nitrogens is 2. The third-order valence-corrected chi connectivity index (χ3v) is 8.29. The number of carbonyl (C=O) groups is 1. The smallest absolute Gasteiger partial charge is 0.223 e. The summed E-state index contributed by atoms with van der Waals surface area (Å²) >= 11 is 0. The number of hydrogen-bond acceptors (Lipinski definition) is 3. The standard InChI is InChI=1S/C24H38N4O/c1-2-27-15-19(13-25-27)14-26-16-20-12-21(17-26)23(11-18-7-4-3-5-8-18)28-22(20)9-6-10-24(28)29/h13,15,18,20-23H,2-12,14,16-17H2,1H3/t20-,21+,22+,23+/m1/s1. The largest absolute Gasteiger partial charge is 0.336 e. The fourth-order valence-electron chi connectivity index (χ4n) is 6.99. The molecule has 1 amide bonds. The summed E-state index contributed by atoms with van der Waals surface area (Å²) in [5, 5.41) is 4.48. The van der Waals surface area contributed by atoms with Crippen LogP contribution in [0, 0.1) is 17.8 Å². The number of likely N-dealkylation sites (tertiary alicyclic amines) is 1. The maximum Gasteiger partial charge on any atom is 0.223 e.